The van der Waals surface area contributed by atoms with E-state index in [1.807, 2.05) is 17.0 Å². The van der Waals surface area contributed by atoms with Crippen molar-refractivity contribution in [3.63, 3.8) is 0 Å². The van der Waals surface area contributed by atoms with Crippen LogP contribution in [0, 0.1) is 0 Å². The lowest BCUT2D eigenvalue weighted by atomic mass is 10.2. The van der Waals surface area contributed by atoms with Crippen molar-refractivity contribution in [2.75, 3.05) is 57.8 Å². The Kier molecular flexibility index (Phi) is 5.81. The molecule has 0 radical (unpaired) electrons. The molecule has 2 fully saturated rings. The van der Waals surface area contributed by atoms with Crippen LogP contribution in [-0.2, 0) is 9.53 Å². The fourth-order valence-corrected chi connectivity index (χ4v) is 3.71. The number of methoxy groups -OCH3 is 1. The molecule has 0 spiro atoms. The summed E-state index contributed by atoms with van der Waals surface area (Å²) in [6.07, 6.45) is 0.395. The van der Waals surface area contributed by atoms with E-state index in [1.165, 1.54) is 5.69 Å². The van der Waals surface area contributed by atoms with Gasteiger partial charge in [0.25, 0.3) is 0 Å². The minimum atomic E-state index is 0.198. The number of piperazine rings is 1. The molecule has 2 atom stereocenters. The molecule has 0 aromatic heterocycles. The molecule has 2 heterocycles. The molecule has 2 aliphatic heterocycles. The molecule has 0 aliphatic carbocycles. The van der Waals surface area contributed by atoms with Crippen LogP contribution in [-0.4, -0.2) is 80.8 Å². The zero-order valence-corrected chi connectivity index (χ0v) is 15.5. The number of hydrogen-bond acceptors (Lipinski definition) is 5. The van der Waals surface area contributed by atoms with Gasteiger partial charge in [0, 0.05) is 45.0 Å². The van der Waals surface area contributed by atoms with Gasteiger partial charge in [-0.2, -0.15) is 0 Å². The molecule has 1 amide bonds. The third-order valence-electron chi connectivity index (χ3n) is 4.92. The monoisotopic (exact) mass is 347 g/mol. The van der Waals surface area contributed by atoms with E-state index in [-0.39, 0.29) is 18.1 Å². The van der Waals surface area contributed by atoms with Gasteiger partial charge in [0.05, 0.1) is 25.9 Å². The van der Waals surface area contributed by atoms with E-state index >= 15 is 0 Å². The molecule has 0 saturated carbocycles. The lowest BCUT2D eigenvalue weighted by Crippen LogP contribution is -2.53. The van der Waals surface area contributed by atoms with E-state index in [0.717, 1.165) is 45.0 Å². The molecular weight excluding hydrogens is 318 g/mol. The molecule has 3 rings (SSSR count). The van der Waals surface area contributed by atoms with Gasteiger partial charge < -0.3 is 19.3 Å². The Balaban J connectivity index is 1.48. The first kappa shape index (κ1) is 18.0. The highest BCUT2D eigenvalue weighted by molar-refractivity contribution is 5.78. The summed E-state index contributed by atoms with van der Waals surface area (Å²) >= 11 is 0. The lowest BCUT2D eigenvalue weighted by molar-refractivity contribution is -0.136. The smallest absolute Gasteiger partial charge is 0.236 e. The van der Waals surface area contributed by atoms with Gasteiger partial charge >= 0.3 is 0 Å². The van der Waals surface area contributed by atoms with Gasteiger partial charge in [-0.25, -0.2) is 0 Å². The van der Waals surface area contributed by atoms with Crippen molar-refractivity contribution in [2.24, 2.45) is 0 Å². The number of nitrogens with zero attached hydrogens (tertiary/aromatic N) is 3. The quantitative estimate of drug-likeness (QED) is 0.825. The van der Waals surface area contributed by atoms with Crippen molar-refractivity contribution < 1.29 is 14.3 Å². The first-order chi connectivity index (χ1) is 12.0. The number of benzene rings is 1. The van der Waals surface area contributed by atoms with Crippen molar-refractivity contribution in [3.05, 3.63) is 24.3 Å². The zero-order chi connectivity index (χ0) is 17.8. The molecule has 2 saturated heterocycles. The standard InChI is InChI=1S/C19H29N3O3/c1-15-12-20(13-16(2)25-15)14-19(23)22-10-8-21(9-11-22)17-4-6-18(24-3)7-5-17/h4-7,15-16H,8-14H2,1-3H3/t15-,16-/m1/s1. The average Bonchev–Trinajstić information content (AvgIpc) is 2.61. The fraction of sp³-hybridized carbons (Fsp3) is 0.632. The number of carbonyl (C=O) groups is 1. The van der Waals surface area contributed by atoms with Crippen LogP contribution >= 0.6 is 0 Å². The topological polar surface area (TPSA) is 45.2 Å². The van der Waals surface area contributed by atoms with Gasteiger partial charge in [-0.05, 0) is 38.1 Å². The van der Waals surface area contributed by atoms with Gasteiger partial charge in [-0.3, -0.25) is 9.69 Å². The zero-order valence-electron chi connectivity index (χ0n) is 15.5. The highest BCUT2D eigenvalue weighted by atomic mass is 16.5. The molecule has 6 heteroatoms. The summed E-state index contributed by atoms with van der Waals surface area (Å²) in [5.41, 5.74) is 1.18. The molecule has 25 heavy (non-hydrogen) atoms. The van der Waals surface area contributed by atoms with Crippen molar-refractivity contribution in [2.45, 2.75) is 26.1 Å². The van der Waals surface area contributed by atoms with Crippen molar-refractivity contribution in [1.29, 1.82) is 0 Å². The van der Waals surface area contributed by atoms with Gasteiger partial charge in [0.1, 0.15) is 5.75 Å². The highest BCUT2D eigenvalue weighted by Gasteiger charge is 2.27. The molecule has 1 aromatic carbocycles. The molecule has 138 valence electrons. The van der Waals surface area contributed by atoms with Gasteiger partial charge in [-0.15, -0.1) is 0 Å². The minimum absolute atomic E-state index is 0.198. The van der Waals surface area contributed by atoms with Crippen molar-refractivity contribution in [3.8, 4) is 5.75 Å². The Morgan fingerprint density at radius 2 is 1.68 bits per heavy atom. The van der Waals surface area contributed by atoms with Crippen LogP contribution in [0.25, 0.3) is 0 Å². The maximum atomic E-state index is 12.6. The Morgan fingerprint density at radius 1 is 1.08 bits per heavy atom. The Morgan fingerprint density at radius 3 is 2.24 bits per heavy atom. The summed E-state index contributed by atoms with van der Waals surface area (Å²) in [4.78, 5) is 19.1. The van der Waals surface area contributed by atoms with Crippen LogP contribution in [0.15, 0.2) is 24.3 Å². The summed E-state index contributed by atoms with van der Waals surface area (Å²) in [6, 6.07) is 8.11. The van der Waals surface area contributed by atoms with E-state index in [0.29, 0.717) is 6.54 Å². The molecule has 0 N–H and O–H groups in total. The number of ether oxygens (including phenoxy) is 2. The van der Waals surface area contributed by atoms with Crippen molar-refractivity contribution >= 4 is 11.6 Å². The van der Waals surface area contributed by atoms with Gasteiger partial charge in [0.2, 0.25) is 5.91 Å². The van der Waals surface area contributed by atoms with E-state index < -0.39 is 0 Å². The maximum Gasteiger partial charge on any atom is 0.236 e. The second-order valence-electron chi connectivity index (χ2n) is 7.02. The predicted octanol–water partition coefficient (Wildman–Crippen LogP) is 1.45. The molecular formula is C19H29N3O3. The highest BCUT2D eigenvalue weighted by Crippen LogP contribution is 2.20. The second kappa shape index (κ2) is 8.06. The summed E-state index contributed by atoms with van der Waals surface area (Å²) in [5.74, 6) is 1.10. The molecule has 2 aliphatic rings. The average molecular weight is 347 g/mol. The Hall–Kier alpha value is -1.79. The summed E-state index contributed by atoms with van der Waals surface area (Å²) in [7, 11) is 1.68. The maximum absolute atomic E-state index is 12.6. The van der Waals surface area contributed by atoms with Gasteiger partial charge in [-0.1, -0.05) is 0 Å². The van der Waals surface area contributed by atoms with E-state index in [2.05, 4.69) is 35.8 Å². The Bertz CT molecular complexity index is 560. The van der Waals surface area contributed by atoms with Crippen molar-refractivity contribution in [1.82, 2.24) is 9.80 Å². The predicted molar refractivity (Wildman–Crippen MR) is 98.2 cm³/mol. The van der Waals surface area contributed by atoms with Crippen LogP contribution in [0.2, 0.25) is 0 Å². The third-order valence-corrected chi connectivity index (χ3v) is 4.92. The summed E-state index contributed by atoms with van der Waals surface area (Å²) in [5, 5.41) is 0. The number of anilines is 1. The van der Waals surface area contributed by atoms with Crippen LogP contribution < -0.4 is 9.64 Å². The van der Waals surface area contributed by atoms with Crippen LogP contribution in [0.1, 0.15) is 13.8 Å². The SMILES string of the molecule is COc1ccc(N2CCN(C(=O)CN3C[C@@H](C)O[C@H](C)C3)CC2)cc1. The minimum Gasteiger partial charge on any atom is -0.497 e. The molecule has 6 nitrogen and oxygen atoms in total. The summed E-state index contributed by atoms with van der Waals surface area (Å²) < 4.78 is 10.9. The lowest BCUT2D eigenvalue weighted by Gasteiger charge is -2.39. The van der Waals surface area contributed by atoms with E-state index in [1.54, 1.807) is 7.11 Å². The number of carbonyl (C=O) groups excluding carboxylic acids is 1. The summed E-state index contributed by atoms with van der Waals surface area (Å²) in [6.45, 7) is 9.61. The fourth-order valence-electron chi connectivity index (χ4n) is 3.71. The molecule has 0 unspecified atom stereocenters. The number of morpholine rings is 1. The first-order valence-electron chi connectivity index (χ1n) is 9.09. The van der Waals surface area contributed by atoms with E-state index in [4.69, 9.17) is 9.47 Å². The second-order valence-corrected chi connectivity index (χ2v) is 7.02. The normalized spacial score (nSPS) is 25.1. The Labute approximate surface area is 150 Å². The number of hydrogen-bond donors (Lipinski definition) is 0. The van der Waals surface area contributed by atoms with Crippen LogP contribution in [0.4, 0.5) is 5.69 Å². The third kappa shape index (κ3) is 4.64. The van der Waals surface area contributed by atoms with Gasteiger partial charge in [0.15, 0.2) is 0 Å². The largest absolute Gasteiger partial charge is 0.497 e. The van der Waals surface area contributed by atoms with E-state index in [9.17, 15) is 4.79 Å². The van der Waals surface area contributed by atoms with Crippen LogP contribution in [0.5, 0.6) is 5.75 Å². The number of rotatable bonds is 4. The number of amides is 1. The first-order valence-corrected chi connectivity index (χ1v) is 9.09. The molecule has 1 aromatic rings. The van der Waals surface area contributed by atoms with Crippen LogP contribution in [0.3, 0.4) is 0 Å². The molecule has 0 bridgehead atoms.